The molecule has 1 atom stereocenters. The Kier molecular flexibility index (Phi) is 2.10. The molecule has 1 unspecified atom stereocenters. The zero-order valence-electron chi connectivity index (χ0n) is 8.99. The molecule has 2 heterocycles. The number of aromatic nitrogens is 3. The SMILES string of the molecule is CC(C)(C)c1nnc2n1CCCC2O. The van der Waals surface area contributed by atoms with Gasteiger partial charge in [0.15, 0.2) is 5.82 Å². The van der Waals surface area contributed by atoms with E-state index in [1.165, 1.54) is 0 Å². The number of aliphatic hydroxyl groups is 1. The molecule has 0 aromatic carbocycles. The van der Waals surface area contributed by atoms with Gasteiger partial charge >= 0.3 is 0 Å². The van der Waals surface area contributed by atoms with Crippen LogP contribution in [0.25, 0.3) is 0 Å². The third kappa shape index (κ3) is 1.43. The van der Waals surface area contributed by atoms with E-state index in [4.69, 9.17) is 0 Å². The Balaban J connectivity index is 2.46. The van der Waals surface area contributed by atoms with Crippen LogP contribution in [-0.2, 0) is 12.0 Å². The van der Waals surface area contributed by atoms with E-state index in [1.807, 2.05) is 0 Å². The second-order valence-corrected chi connectivity index (χ2v) is 4.94. The molecule has 1 aliphatic heterocycles. The summed E-state index contributed by atoms with van der Waals surface area (Å²) in [7, 11) is 0. The van der Waals surface area contributed by atoms with Crippen molar-refractivity contribution in [2.24, 2.45) is 0 Å². The highest BCUT2D eigenvalue weighted by atomic mass is 16.3. The summed E-state index contributed by atoms with van der Waals surface area (Å²) in [5, 5.41) is 18.0. The van der Waals surface area contributed by atoms with Crippen LogP contribution in [0, 0.1) is 0 Å². The Morgan fingerprint density at radius 3 is 2.71 bits per heavy atom. The highest BCUT2D eigenvalue weighted by Crippen LogP contribution is 2.28. The third-order valence-electron chi connectivity index (χ3n) is 2.61. The minimum Gasteiger partial charge on any atom is -0.385 e. The van der Waals surface area contributed by atoms with Crippen molar-refractivity contribution in [3.05, 3.63) is 11.6 Å². The predicted octanol–water partition coefficient (Wildman–Crippen LogP) is 1.40. The lowest BCUT2D eigenvalue weighted by atomic mass is 9.95. The molecule has 1 aromatic heterocycles. The Labute approximate surface area is 84.0 Å². The largest absolute Gasteiger partial charge is 0.385 e. The van der Waals surface area contributed by atoms with Crippen molar-refractivity contribution in [2.45, 2.75) is 51.7 Å². The van der Waals surface area contributed by atoms with Crippen LogP contribution < -0.4 is 0 Å². The lowest BCUT2D eigenvalue weighted by molar-refractivity contribution is 0.132. The van der Waals surface area contributed by atoms with Crippen molar-refractivity contribution in [2.75, 3.05) is 0 Å². The van der Waals surface area contributed by atoms with Gasteiger partial charge in [0.2, 0.25) is 0 Å². The fourth-order valence-electron chi connectivity index (χ4n) is 1.91. The summed E-state index contributed by atoms with van der Waals surface area (Å²) in [5.74, 6) is 1.72. The van der Waals surface area contributed by atoms with Crippen LogP contribution in [0.1, 0.15) is 51.4 Å². The normalized spacial score (nSPS) is 22.1. The molecule has 0 saturated heterocycles. The fourth-order valence-corrected chi connectivity index (χ4v) is 1.91. The first kappa shape index (κ1) is 9.65. The Bertz CT molecular complexity index is 338. The maximum absolute atomic E-state index is 9.72. The lowest BCUT2D eigenvalue weighted by Gasteiger charge is -2.24. The maximum atomic E-state index is 9.72. The maximum Gasteiger partial charge on any atom is 0.161 e. The molecule has 0 aliphatic carbocycles. The van der Waals surface area contributed by atoms with E-state index in [2.05, 4.69) is 35.5 Å². The van der Waals surface area contributed by atoms with Gasteiger partial charge in [-0.2, -0.15) is 0 Å². The molecule has 0 radical (unpaired) electrons. The number of hydrogen-bond donors (Lipinski definition) is 1. The summed E-state index contributed by atoms with van der Waals surface area (Å²) in [6.07, 6.45) is 1.39. The van der Waals surface area contributed by atoms with Crippen LogP contribution in [0.3, 0.4) is 0 Å². The molecule has 0 fully saturated rings. The quantitative estimate of drug-likeness (QED) is 0.680. The van der Waals surface area contributed by atoms with E-state index < -0.39 is 6.10 Å². The molecule has 4 heteroatoms. The molecule has 1 N–H and O–H groups in total. The van der Waals surface area contributed by atoms with Crippen LogP contribution in [0.5, 0.6) is 0 Å². The van der Waals surface area contributed by atoms with Gasteiger partial charge in [0, 0.05) is 12.0 Å². The number of rotatable bonds is 0. The van der Waals surface area contributed by atoms with E-state index in [-0.39, 0.29) is 5.41 Å². The van der Waals surface area contributed by atoms with Crippen molar-refractivity contribution in [1.29, 1.82) is 0 Å². The lowest BCUT2D eigenvalue weighted by Crippen LogP contribution is -2.23. The fraction of sp³-hybridized carbons (Fsp3) is 0.800. The van der Waals surface area contributed by atoms with Crippen LogP contribution in [0.2, 0.25) is 0 Å². The van der Waals surface area contributed by atoms with Crippen molar-refractivity contribution in [1.82, 2.24) is 14.8 Å². The third-order valence-corrected chi connectivity index (χ3v) is 2.61. The monoisotopic (exact) mass is 195 g/mol. The predicted molar refractivity (Wildman–Crippen MR) is 52.9 cm³/mol. The van der Waals surface area contributed by atoms with E-state index in [9.17, 15) is 5.11 Å². The molecule has 78 valence electrons. The van der Waals surface area contributed by atoms with Crippen molar-refractivity contribution in [3.8, 4) is 0 Å². The van der Waals surface area contributed by atoms with Gasteiger partial charge in [-0.25, -0.2) is 0 Å². The van der Waals surface area contributed by atoms with Crippen LogP contribution in [0.4, 0.5) is 0 Å². The number of fused-ring (bicyclic) bond motifs is 1. The first-order valence-electron chi connectivity index (χ1n) is 5.12. The van der Waals surface area contributed by atoms with Gasteiger partial charge in [0.25, 0.3) is 0 Å². The van der Waals surface area contributed by atoms with Gasteiger partial charge in [0.05, 0.1) is 0 Å². The van der Waals surface area contributed by atoms with Gasteiger partial charge < -0.3 is 9.67 Å². The zero-order chi connectivity index (χ0) is 10.3. The minimum atomic E-state index is -0.424. The molecule has 14 heavy (non-hydrogen) atoms. The van der Waals surface area contributed by atoms with Crippen LogP contribution >= 0.6 is 0 Å². The standard InChI is InChI=1S/C10H17N3O/c1-10(2,3)9-12-11-8-7(14)5-4-6-13(8)9/h7,14H,4-6H2,1-3H3. The van der Waals surface area contributed by atoms with Crippen LogP contribution in [-0.4, -0.2) is 19.9 Å². The second kappa shape index (κ2) is 3.05. The van der Waals surface area contributed by atoms with E-state index in [0.29, 0.717) is 0 Å². The summed E-state index contributed by atoms with van der Waals surface area (Å²) in [6, 6.07) is 0. The molecule has 0 spiro atoms. The van der Waals surface area contributed by atoms with Gasteiger partial charge in [-0.15, -0.1) is 10.2 Å². The van der Waals surface area contributed by atoms with E-state index >= 15 is 0 Å². The minimum absolute atomic E-state index is 0.00229. The second-order valence-electron chi connectivity index (χ2n) is 4.94. The molecule has 1 aliphatic rings. The number of nitrogens with zero attached hydrogens (tertiary/aromatic N) is 3. The van der Waals surface area contributed by atoms with Crippen molar-refractivity contribution in [3.63, 3.8) is 0 Å². The highest BCUT2D eigenvalue weighted by Gasteiger charge is 2.28. The zero-order valence-corrected chi connectivity index (χ0v) is 8.99. The van der Waals surface area contributed by atoms with E-state index in [1.54, 1.807) is 0 Å². The van der Waals surface area contributed by atoms with Crippen molar-refractivity contribution >= 4 is 0 Å². The summed E-state index contributed by atoms with van der Waals surface area (Å²) in [4.78, 5) is 0. The van der Waals surface area contributed by atoms with Gasteiger partial charge in [-0.05, 0) is 12.8 Å². The van der Waals surface area contributed by atoms with Gasteiger partial charge in [0.1, 0.15) is 11.9 Å². The molecule has 0 amide bonds. The molecule has 4 nitrogen and oxygen atoms in total. The molecule has 0 bridgehead atoms. The summed E-state index contributed by atoms with van der Waals surface area (Å²) < 4.78 is 2.06. The molecule has 2 rings (SSSR count). The average Bonchev–Trinajstić information content (AvgIpc) is 2.47. The summed E-state index contributed by atoms with van der Waals surface area (Å²) in [6.45, 7) is 7.29. The van der Waals surface area contributed by atoms with Crippen LogP contribution in [0.15, 0.2) is 0 Å². The smallest absolute Gasteiger partial charge is 0.161 e. The Hall–Kier alpha value is -0.900. The van der Waals surface area contributed by atoms with Gasteiger partial charge in [-0.1, -0.05) is 20.8 Å². The van der Waals surface area contributed by atoms with Crippen molar-refractivity contribution < 1.29 is 5.11 Å². The summed E-state index contributed by atoms with van der Waals surface area (Å²) in [5.41, 5.74) is 0.00229. The van der Waals surface area contributed by atoms with E-state index in [0.717, 1.165) is 31.0 Å². The highest BCUT2D eigenvalue weighted by molar-refractivity contribution is 5.09. The first-order chi connectivity index (χ1) is 6.50. The molecular weight excluding hydrogens is 178 g/mol. The molecule has 0 saturated carbocycles. The number of aliphatic hydroxyl groups excluding tert-OH is 1. The summed E-state index contributed by atoms with van der Waals surface area (Å²) >= 11 is 0. The topological polar surface area (TPSA) is 50.9 Å². The average molecular weight is 195 g/mol. The first-order valence-corrected chi connectivity index (χ1v) is 5.12. The Morgan fingerprint density at radius 1 is 1.36 bits per heavy atom. The Morgan fingerprint density at radius 2 is 2.07 bits per heavy atom. The molecule has 1 aromatic rings. The number of hydrogen-bond acceptors (Lipinski definition) is 3. The molecular formula is C10H17N3O. The van der Waals surface area contributed by atoms with Gasteiger partial charge in [-0.3, -0.25) is 0 Å².